The third-order valence-corrected chi connectivity index (χ3v) is 2.80. The van der Waals surface area contributed by atoms with Crippen LogP contribution in [-0.2, 0) is 0 Å². The first-order valence-electron chi connectivity index (χ1n) is 4.01. The first-order chi connectivity index (χ1) is 4.90. The normalized spacial score (nSPS) is 35.1. The maximum atomic E-state index is 4.28. The summed E-state index contributed by atoms with van der Waals surface area (Å²) >= 11 is 4.28. The average molecular weight is 158 g/mol. The SMILES string of the molecule is SCC1CNN(C2CC2)C1. The summed E-state index contributed by atoms with van der Waals surface area (Å²) in [6.07, 6.45) is 2.79. The summed E-state index contributed by atoms with van der Waals surface area (Å²) in [5.41, 5.74) is 3.40. The zero-order valence-corrected chi connectivity index (χ0v) is 6.98. The number of hydrogen-bond donors (Lipinski definition) is 2. The molecule has 0 spiro atoms. The van der Waals surface area contributed by atoms with Gasteiger partial charge in [0.25, 0.3) is 0 Å². The molecular weight excluding hydrogens is 144 g/mol. The van der Waals surface area contributed by atoms with Crippen molar-refractivity contribution in [2.24, 2.45) is 5.92 Å². The summed E-state index contributed by atoms with van der Waals surface area (Å²) in [4.78, 5) is 0. The highest BCUT2D eigenvalue weighted by Gasteiger charge is 2.33. The van der Waals surface area contributed by atoms with Crippen LogP contribution in [-0.4, -0.2) is 29.9 Å². The molecule has 0 aromatic rings. The molecule has 0 radical (unpaired) electrons. The van der Waals surface area contributed by atoms with Crippen molar-refractivity contribution in [3.63, 3.8) is 0 Å². The van der Waals surface area contributed by atoms with E-state index in [1.807, 2.05) is 0 Å². The second-order valence-electron chi connectivity index (χ2n) is 3.29. The van der Waals surface area contributed by atoms with Gasteiger partial charge in [0.1, 0.15) is 0 Å². The van der Waals surface area contributed by atoms with Crippen molar-refractivity contribution in [3.8, 4) is 0 Å². The minimum atomic E-state index is 0.781. The maximum absolute atomic E-state index is 4.28. The van der Waals surface area contributed by atoms with Gasteiger partial charge in [0.15, 0.2) is 0 Å². The first kappa shape index (κ1) is 6.95. The molecule has 1 N–H and O–H groups in total. The topological polar surface area (TPSA) is 15.3 Å². The van der Waals surface area contributed by atoms with E-state index >= 15 is 0 Å². The lowest BCUT2D eigenvalue weighted by Gasteiger charge is -2.13. The van der Waals surface area contributed by atoms with Gasteiger partial charge in [-0.15, -0.1) is 0 Å². The fraction of sp³-hybridized carbons (Fsp3) is 1.00. The second-order valence-corrected chi connectivity index (χ2v) is 3.66. The van der Waals surface area contributed by atoms with Crippen LogP contribution in [0.2, 0.25) is 0 Å². The van der Waals surface area contributed by atoms with Crippen LogP contribution in [0.4, 0.5) is 0 Å². The van der Waals surface area contributed by atoms with E-state index < -0.39 is 0 Å². The van der Waals surface area contributed by atoms with Crippen LogP contribution in [0.15, 0.2) is 0 Å². The lowest BCUT2D eigenvalue weighted by atomic mass is 10.2. The molecule has 1 aliphatic carbocycles. The molecule has 58 valence electrons. The standard InChI is InChI=1S/C7H14N2S/c10-5-6-3-8-9(4-6)7-1-2-7/h6-8,10H,1-5H2. The van der Waals surface area contributed by atoms with E-state index in [1.165, 1.54) is 19.4 Å². The Morgan fingerprint density at radius 2 is 2.30 bits per heavy atom. The number of nitrogens with zero attached hydrogens (tertiary/aromatic N) is 1. The molecule has 1 saturated carbocycles. The van der Waals surface area contributed by atoms with E-state index in [4.69, 9.17) is 0 Å². The Morgan fingerprint density at radius 3 is 2.80 bits per heavy atom. The Bertz CT molecular complexity index is 125. The van der Waals surface area contributed by atoms with E-state index in [0.717, 1.165) is 24.3 Å². The molecule has 0 aromatic carbocycles. The van der Waals surface area contributed by atoms with Gasteiger partial charge in [-0.3, -0.25) is 5.43 Å². The van der Waals surface area contributed by atoms with Gasteiger partial charge >= 0.3 is 0 Å². The van der Waals surface area contributed by atoms with Gasteiger partial charge in [0, 0.05) is 19.1 Å². The van der Waals surface area contributed by atoms with E-state index in [1.54, 1.807) is 0 Å². The minimum absolute atomic E-state index is 0.781. The number of hydrogen-bond acceptors (Lipinski definition) is 3. The van der Waals surface area contributed by atoms with Crippen LogP contribution < -0.4 is 5.43 Å². The van der Waals surface area contributed by atoms with Crippen molar-refractivity contribution in [2.75, 3.05) is 18.8 Å². The molecule has 2 nitrogen and oxygen atoms in total. The van der Waals surface area contributed by atoms with Crippen LogP contribution in [0.5, 0.6) is 0 Å². The molecule has 10 heavy (non-hydrogen) atoms. The lowest BCUT2D eigenvalue weighted by Crippen LogP contribution is -2.32. The van der Waals surface area contributed by atoms with Crippen molar-refractivity contribution in [1.82, 2.24) is 10.4 Å². The zero-order valence-electron chi connectivity index (χ0n) is 6.08. The van der Waals surface area contributed by atoms with E-state index in [9.17, 15) is 0 Å². The van der Waals surface area contributed by atoms with Crippen molar-refractivity contribution in [3.05, 3.63) is 0 Å². The molecule has 0 bridgehead atoms. The third kappa shape index (κ3) is 1.31. The van der Waals surface area contributed by atoms with E-state index in [-0.39, 0.29) is 0 Å². The van der Waals surface area contributed by atoms with Gasteiger partial charge in [-0.05, 0) is 24.5 Å². The number of rotatable bonds is 2. The molecule has 2 rings (SSSR count). The fourth-order valence-corrected chi connectivity index (χ4v) is 1.68. The zero-order chi connectivity index (χ0) is 6.97. The highest BCUT2D eigenvalue weighted by molar-refractivity contribution is 7.80. The van der Waals surface area contributed by atoms with Crippen molar-refractivity contribution >= 4 is 12.6 Å². The Kier molecular flexibility index (Phi) is 1.89. The van der Waals surface area contributed by atoms with Gasteiger partial charge in [0.2, 0.25) is 0 Å². The Hall–Kier alpha value is 0.270. The highest BCUT2D eigenvalue weighted by atomic mass is 32.1. The molecule has 2 aliphatic rings. The van der Waals surface area contributed by atoms with Gasteiger partial charge < -0.3 is 0 Å². The van der Waals surface area contributed by atoms with Crippen LogP contribution in [0, 0.1) is 5.92 Å². The molecule has 0 amide bonds. The Balaban J connectivity index is 1.81. The van der Waals surface area contributed by atoms with E-state index in [0.29, 0.717) is 0 Å². The summed E-state index contributed by atoms with van der Waals surface area (Å²) in [6.45, 7) is 2.36. The first-order valence-corrected chi connectivity index (χ1v) is 4.64. The summed E-state index contributed by atoms with van der Waals surface area (Å²) < 4.78 is 0. The lowest BCUT2D eigenvalue weighted by molar-refractivity contribution is 0.238. The van der Waals surface area contributed by atoms with Crippen molar-refractivity contribution < 1.29 is 0 Å². The maximum Gasteiger partial charge on any atom is 0.0244 e. The molecule has 1 heterocycles. The van der Waals surface area contributed by atoms with Crippen LogP contribution in [0.25, 0.3) is 0 Å². The van der Waals surface area contributed by atoms with Crippen molar-refractivity contribution in [1.29, 1.82) is 0 Å². The number of hydrazine groups is 1. The van der Waals surface area contributed by atoms with Crippen molar-refractivity contribution in [2.45, 2.75) is 18.9 Å². The summed E-state index contributed by atoms with van der Waals surface area (Å²) in [5, 5.41) is 2.39. The molecule has 1 unspecified atom stereocenters. The Morgan fingerprint density at radius 1 is 1.50 bits per heavy atom. The molecule has 1 aliphatic heterocycles. The second kappa shape index (κ2) is 2.72. The van der Waals surface area contributed by atoms with Gasteiger partial charge in [-0.25, -0.2) is 5.01 Å². The monoisotopic (exact) mass is 158 g/mol. The summed E-state index contributed by atoms with van der Waals surface area (Å²) in [7, 11) is 0. The smallest absolute Gasteiger partial charge is 0.0244 e. The molecule has 3 heteroatoms. The number of thiol groups is 1. The molecule has 0 aromatic heterocycles. The molecular formula is C7H14N2S. The van der Waals surface area contributed by atoms with Gasteiger partial charge in [0.05, 0.1) is 0 Å². The minimum Gasteiger partial charge on any atom is -0.255 e. The largest absolute Gasteiger partial charge is 0.255 e. The van der Waals surface area contributed by atoms with Crippen LogP contribution in [0.1, 0.15) is 12.8 Å². The highest BCUT2D eigenvalue weighted by Crippen LogP contribution is 2.27. The molecule has 1 saturated heterocycles. The van der Waals surface area contributed by atoms with Crippen LogP contribution >= 0.6 is 12.6 Å². The Labute approximate surface area is 67.4 Å². The molecule has 1 atom stereocenters. The van der Waals surface area contributed by atoms with E-state index in [2.05, 4.69) is 23.1 Å². The predicted molar refractivity (Wildman–Crippen MR) is 45.1 cm³/mol. The predicted octanol–water partition coefficient (Wildman–Crippen LogP) is 0.515. The summed E-state index contributed by atoms with van der Waals surface area (Å²) in [5.74, 6) is 1.81. The van der Waals surface area contributed by atoms with Gasteiger partial charge in [-0.1, -0.05) is 0 Å². The fourth-order valence-electron chi connectivity index (χ4n) is 1.44. The number of nitrogens with one attached hydrogen (secondary N) is 1. The quantitative estimate of drug-likeness (QED) is 0.569. The summed E-state index contributed by atoms with van der Waals surface area (Å²) in [6, 6.07) is 0.866. The van der Waals surface area contributed by atoms with Crippen LogP contribution in [0.3, 0.4) is 0 Å². The van der Waals surface area contributed by atoms with Gasteiger partial charge in [-0.2, -0.15) is 12.6 Å². The third-order valence-electron chi connectivity index (χ3n) is 2.28. The average Bonchev–Trinajstić information content (AvgIpc) is 2.70. The molecule has 2 fully saturated rings.